The minimum Gasteiger partial charge on any atom is -0.0654 e. The molecule has 0 heteroatoms. The maximum Gasteiger partial charge on any atom is -0.0241 e. The standard InChI is InChI=1S/C23H47/c1-4-7-10-13-14-16-19-22-23(20-17-12-9-6-3)21-18-15-11-8-5-2/h4-22H2,1-3H3. The van der Waals surface area contributed by atoms with E-state index in [4.69, 9.17) is 0 Å². The van der Waals surface area contributed by atoms with E-state index in [1.54, 1.807) is 0 Å². The molecule has 0 aromatic heterocycles. The zero-order valence-electron chi connectivity index (χ0n) is 16.9. The normalized spacial score (nSPS) is 11.5. The third-order valence-electron chi connectivity index (χ3n) is 5.15. The van der Waals surface area contributed by atoms with E-state index in [-0.39, 0.29) is 0 Å². The molecule has 0 fully saturated rings. The van der Waals surface area contributed by atoms with E-state index in [1.165, 1.54) is 122 Å². The zero-order chi connectivity index (χ0) is 17.0. The number of hydrogen-bond acceptors (Lipinski definition) is 0. The summed E-state index contributed by atoms with van der Waals surface area (Å²) in [6, 6.07) is 0. The highest BCUT2D eigenvalue weighted by molar-refractivity contribution is 4.89. The summed E-state index contributed by atoms with van der Waals surface area (Å²) < 4.78 is 0. The molecule has 139 valence electrons. The van der Waals surface area contributed by atoms with Crippen molar-refractivity contribution in [2.75, 3.05) is 0 Å². The van der Waals surface area contributed by atoms with Crippen LogP contribution in [0.1, 0.15) is 143 Å². The summed E-state index contributed by atoms with van der Waals surface area (Å²) >= 11 is 0. The van der Waals surface area contributed by atoms with Crippen LogP contribution in [0.4, 0.5) is 0 Å². The number of rotatable bonds is 19. The second-order valence-corrected chi connectivity index (χ2v) is 7.60. The van der Waals surface area contributed by atoms with E-state index in [1.807, 2.05) is 5.92 Å². The van der Waals surface area contributed by atoms with Gasteiger partial charge in [0.1, 0.15) is 0 Å². The lowest BCUT2D eigenvalue weighted by molar-refractivity contribution is 0.517. The summed E-state index contributed by atoms with van der Waals surface area (Å²) in [4.78, 5) is 0. The highest BCUT2D eigenvalue weighted by Crippen LogP contribution is 2.26. The van der Waals surface area contributed by atoms with E-state index in [2.05, 4.69) is 20.8 Å². The van der Waals surface area contributed by atoms with Gasteiger partial charge in [0.05, 0.1) is 0 Å². The molecule has 0 saturated carbocycles. The summed E-state index contributed by atoms with van der Waals surface area (Å²) in [5.74, 6) is 1.91. The first kappa shape index (κ1) is 23.0. The van der Waals surface area contributed by atoms with Gasteiger partial charge in [-0.3, -0.25) is 0 Å². The summed E-state index contributed by atoms with van der Waals surface area (Å²) in [7, 11) is 0. The molecule has 0 aromatic carbocycles. The maximum atomic E-state index is 2.32. The van der Waals surface area contributed by atoms with Gasteiger partial charge in [-0.2, -0.15) is 0 Å². The smallest absolute Gasteiger partial charge is 0.0241 e. The first-order valence-corrected chi connectivity index (χ1v) is 11.2. The Morgan fingerprint density at radius 3 is 0.957 bits per heavy atom. The molecule has 0 heterocycles. The van der Waals surface area contributed by atoms with Crippen molar-refractivity contribution in [1.82, 2.24) is 0 Å². The highest BCUT2D eigenvalue weighted by Gasteiger charge is 2.09. The van der Waals surface area contributed by atoms with E-state index in [0.29, 0.717) is 0 Å². The van der Waals surface area contributed by atoms with Crippen molar-refractivity contribution >= 4 is 0 Å². The van der Waals surface area contributed by atoms with Gasteiger partial charge in [-0.25, -0.2) is 0 Å². The molecule has 0 amide bonds. The fourth-order valence-electron chi connectivity index (χ4n) is 3.49. The molecule has 0 N–H and O–H groups in total. The molecule has 23 heavy (non-hydrogen) atoms. The lowest BCUT2D eigenvalue weighted by Gasteiger charge is -2.16. The average molecular weight is 324 g/mol. The molecule has 0 spiro atoms. The first-order valence-electron chi connectivity index (χ1n) is 11.2. The topological polar surface area (TPSA) is 0 Å². The molecule has 1 radical (unpaired) electrons. The molecule has 0 atom stereocenters. The van der Waals surface area contributed by atoms with Gasteiger partial charge >= 0.3 is 0 Å². The van der Waals surface area contributed by atoms with Crippen LogP contribution in [0.15, 0.2) is 0 Å². The molecule has 0 rings (SSSR count). The highest BCUT2D eigenvalue weighted by atomic mass is 14.1. The Bertz CT molecular complexity index is 196. The minimum atomic E-state index is 1.37. The molecule has 0 aliphatic heterocycles. The predicted octanol–water partition coefficient (Wildman–Crippen LogP) is 9.03. The van der Waals surface area contributed by atoms with Gasteiger partial charge in [-0.05, 0) is 25.2 Å². The van der Waals surface area contributed by atoms with Crippen molar-refractivity contribution in [3.63, 3.8) is 0 Å². The van der Waals surface area contributed by atoms with Crippen LogP contribution >= 0.6 is 0 Å². The van der Waals surface area contributed by atoms with Gasteiger partial charge in [-0.15, -0.1) is 0 Å². The van der Waals surface area contributed by atoms with Gasteiger partial charge in [0.25, 0.3) is 0 Å². The van der Waals surface area contributed by atoms with Crippen molar-refractivity contribution in [3.8, 4) is 0 Å². The van der Waals surface area contributed by atoms with E-state index in [9.17, 15) is 0 Å². The number of unbranched alkanes of at least 4 members (excludes halogenated alkanes) is 13. The van der Waals surface area contributed by atoms with Crippen LogP contribution in [0.25, 0.3) is 0 Å². The molecular weight excluding hydrogens is 276 g/mol. The van der Waals surface area contributed by atoms with Crippen LogP contribution in [0.2, 0.25) is 0 Å². The fourth-order valence-corrected chi connectivity index (χ4v) is 3.49. The average Bonchev–Trinajstić information content (AvgIpc) is 2.57. The van der Waals surface area contributed by atoms with Crippen molar-refractivity contribution in [2.45, 2.75) is 143 Å². The third kappa shape index (κ3) is 18.2. The van der Waals surface area contributed by atoms with Gasteiger partial charge < -0.3 is 0 Å². The number of hydrogen-bond donors (Lipinski definition) is 0. The Balaban J connectivity index is 3.69. The second kappa shape index (κ2) is 20.0. The fraction of sp³-hybridized carbons (Fsp3) is 0.957. The zero-order valence-corrected chi connectivity index (χ0v) is 16.9. The van der Waals surface area contributed by atoms with Crippen LogP contribution in [0.5, 0.6) is 0 Å². The largest absolute Gasteiger partial charge is 0.0654 e. The van der Waals surface area contributed by atoms with Crippen molar-refractivity contribution < 1.29 is 0 Å². The van der Waals surface area contributed by atoms with Gasteiger partial charge in [0.15, 0.2) is 0 Å². The molecule has 0 aliphatic rings. The van der Waals surface area contributed by atoms with E-state index >= 15 is 0 Å². The van der Waals surface area contributed by atoms with E-state index < -0.39 is 0 Å². The monoisotopic (exact) mass is 323 g/mol. The molecule has 0 nitrogen and oxygen atoms in total. The summed E-state index contributed by atoms with van der Waals surface area (Å²) in [6.07, 6.45) is 27.3. The summed E-state index contributed by atoms with van der Waals surface area (Å²) in [5, 5.41) is 0. The molecule has 0 aromatic rings. The van der Waals surface area contributed by atoms with Gasteiger partial charge in [-0.1, -0.05) is 124 Å². The quantitative estimate of drug-likeness (QED) is 0.208. The van der Waals surface area contributed by atoms with Crippen LogP contribution in [0, 0.1) is 5.92 Å². The predicted molar refractivity (Wildman–Crippen MR) is 108 cm³/mol. The summed E-state index contributed by atoms with van der Waals surface area (Å²) in [5.41, 5.74) is 0. The lowest BCUT2D eigenvalue weighted by atomic mass is 9.89. The first-order chi connectivity index (χ1) is 11.3. The Morgan fingerprint density at radius 1 is 0.348 bits per heavy atom. The van der Waals surface area contributed by atoms with E-state index in [0.717, 1.165) is 0 Å². The Kier molecular flexibility index (Phi) is 20.0. The van der Waals surface area contributed by atoms with Crippen LogP contribution in [0.3, 0.4) is 0 Å². The molecule has 0 aliphatic carbocycles. The SMILES string of the molecule is CCCCCCCCC[C](CCCCCC)CCCCCCC. The van der Waals surface area contributed by atoms with Crippen LogP contribution < -0.4 is 0 Å². The maximum absolute atomic E-state index is 2.32. The lowest BCUT2D eigenvalue weighted by Crippen LogP contribution is -1.99. The Hall–Kier alpha value is 0. The Morgan fingerprint density at radius 2 is 0.609 bits per heavy atom. The van der Waals surface area contributed by atoms with Gasteiger partial charge in [0, 0.05) is 0 Å². The molecule has 0 saturated heterocycles. The van der Waals surface area contributed by atoms with Crippen LogP contribution in [-0.2, 0) is 0 Å². The van der Waals surface area contributed by atoms with Crippen molar-refractivity contribution in [2.24, 2.45) is 0 Å². The van der Waals surface area contributed by atoms with Crippen molar-refractivity contribution in [1.29, 1.82) is 0 Å². The third-order valence-corrected chi connectivity index (χ3v) is 5.15. The Labute approximate surface area is 149 Å². The van der Waals surface area contributed by atoms with Crippen LogP contribution in [-0.4, -0.2) is 0 Å². The molecule has 0 unspecified atom stereocenters. The van der Waals surface area contributed by atoms with Gasteiger partial charge in [0.2, 0.25) is 0 Å². The molecular formula is C23H47. The second-order valence-electron chi connectivity index (χ2n) is 7.60. The molecule has 0 bridgehead atoms. The summed E-state index contributed by atoms with van der Waals surface area (Å²) in [6.45, 7) is 6.93. The van der Waals surface area contributed by atoms with Crippen molar-refractivity contribution in [3.05, 3.63) is 5.92 Å². The minimum absolute atomic E-state index is 1.37.